The lowest BCUT2D eigenvalue weighted by molar-refractivity contribution is -0.432. The highest BCUT2D eigenvalue weighted by molar-refractivity contribution is 8.08. The van der Waals surface area contributed by atoms with Crippen LogP contribution in [-0.4, -0.2) is 49.4 Å². The van der Waals surface area contributed by atoms with Gasteiger partial charge in [0, 0.05) is 13.1 Å². The Morgan fingerprint density at radius 2 is 2.07 bits per heavy atom. The molecule has 0 amide bonds. The van der Waals surface area contributed by atoms with Gasteiger partial charge in [-0.15, -0.1) is 4.33 Å². The maximum atomic E-state index is 11.5. The van der Waals surface area contributed by atoms with Gasteiger partial charge in [-0.25, -0.2) is 13.7 Å². The number of sulfonamides is 1. The Morgan fingerprint density at radius 1 is 1.43 bits per heavy atom. The lowest BCUT2D eigenvalue weighted by atomic mass is 10.5. The summed E-state index contributed by atoms with van der Waals surface area (Å²) in [4.78, 5) is 0. The van der Waals surface area contributed by atoms with E-state index in [4.69, 9.17) is 9.99 Å². The number of hydrogen-bond donors (Lipinski definition) is 1. The van der Waals surface area contributed by atoms with E-state index in [1.165, 1.54) is 4.31 Å². The van der Waals surface area contributed by atoms with Gasteiger partial charge in [0.1, 0.15) is 5.08 Å². The van der Waals surface area contributed by atoms with E-state index in [9.17, 15) is 8.42 Å². The SMILES string of the molecule is O=S(=O)(CSOOO)N1CCOCC1. The van der Waals surface area contributed by atoms with Crippen molar-refractivity contribution in [3.63, 3.8) is 0 Å². The second-order valence-corrected chi connectivity index (χ2v) is 5.50. The van der Waals surface area contributed by atoms with Crippen LogP contribution in [0, 0.1) is 0 Å². The minimum atomic E-state index is -3.36. The molecular formula is C5H11NO6S2. The van der Waals surface area contributed by atoms with Crippen molar-refractivity contribution in [2.24, 2.45) is 0 Å². The highest BCUT2D eigenvalue weighted by Gasteiger charge is 2.24. The summed E-state index contributed by atoms with van der Waals surface area (Å²) in [7, 11) is -3.36. The molecule has 0 aromatic carbocycles. The van der Waals surface area contributed by atoms with Gasteiger partial charge in [0.05, 0.1) is 25.3 Å². The zero-order valence-corrected chi connectivity index (χ0v) is 8.92. The standard InChI is InChI=1S/C5H11NO6S2/c7-11-12-13-5-14(8,9)6-1-3-10-4-2-6/h7H,1-5H2. The summed E-state index contributed by atoms with van der Waals surface area (Å²) in [5.41, 5.74) is 0. The molecule has 1 saturated heterocycles. The van der Waals surface area contributed by atoms with Crippen molar-refractivity contribution in [1.82, 2.24) is 4.31 Å². The van der Waals surface area contributed by atoms with Gasteiger partial charge in [-0.2, -0.15) is 4.31 Å². The molecule has 0 aromatic heterocycles. The van der Waals surface area contributed by atoms with E-state index in [0.29, 0.717) is 38.3 Å². The Labute approximate surface area is 86.0 Å². The molecule has 0 saturated carbocycles. The van der Waals surface area contributed by atoms with Crippen LogP contribution in [0.2, 0.25) is 0 Å². The van der Waals surface area contributed by atoms with E-state index in [1.54, 1.807) is 0 Å². The van der Waals surface area contributed by atoms with Crippen LogP contribution >= 0.6 is 12.0 Å². The summed E-state index contributed by atoms with van der Waals surface area (Å²) >= 11 is 0.511. The minimum Gasteiger partial charge on any atom is -0.379 e. The first-order valence-corrected chi connectivity index (χ1v) is 6.34. The van der Waals surface area contributed by atoms with Crippen LogP contribution in [0.25, 0.3) is 0 Å². The average molecular weight is 245 g/mol. The number of hydrogen-bond acceptors (Lipinski definition) is 7. The van der Waals surface area contributed by atoms with Gasteiger partial charge in [-0.3, -0.25) is 0 Å². The first-order valence-electron chi connectivity index (χ1n) is 3.82. The first-order chi connectivity index (χ1) is 6.67. The smallest absolute Gasteiger partial charge is 0.226 e. The Hall–Kier alpha value is 0.1000. The van der Waals surface area contributed by atoms with Crippen molar-refractivity contribution in [1.29, 1.82) is 0 Å². The monoisotopic (exact) mass is 245 g/mol. The topological polar surface area (TPSA) is 85.3 Å². The fraction of sp³-hybridized carbons (Fsp3) is 1.00. The average Bonchev–Trinajstić information content (AvgIpc) is 2.19. The summed E-state index contributed by atoms with van der Waals surface area (Å²) in [6, 6.07) is 0. The Balaban J connectivity index is 2.38. The predicted molar refractivity (Wildman–Crippen MR) is 48.6 cm³/mol. The fourth-order valence-electron chi connectivity index (χ4n) is 1.00. The highest BCUT2D eigenvalue weighted by Crippen LogP contribution is 2.12. The molecular weight excluding hydrogens is 234 g/mol. The van der Waals surface area contributed by atoms with Crippen LogP contribution in [-0.2, 0) is 24.1 Å². The van der Waals surface area contributed by atoms with Crippen LogP contribution in [0.15, 0.2) is 0 Å². The van der Waals surface area contributed by atoms with Crippen LogP contribution in [0.3, 0.4) is 0 Å². The van der Waals surface area contributed by atoms with Gasteiger partial charge in [-0.05, 0) is 0 Å². The zero-order chi connectivity index (χ0) is 10.4. The van der Waals surface area contributed by atoms with Crippen molar-refractivity contribution in [2.75, 3.05) is 31.4 Å². The van der Waals surface area contributed by atoms with Gasteiger partial charge >= 0.3 is 0 Å². The van der Waals surface area contributed by atoms with Crippen LogP contribution in [0.1, 0.15) is 0 Å². The molecule has 14 heavy (non-hydrogen) atoms. The molecule has 0 aromatic rings. The second-order valence-electron chi connectivity index (χ2n) is 2.50. The van der Waals surface area contributed by atoms with Crippen LogP contribution in [0.4, 0.5) is 0 Å². The largest absolute Gasteiger partial charge is 0.379 e. The third kappa shape index (κ3) is 3.69. The van der Waals surface area contributed by atoms with Gasteiger partial charge in [0.15, 0.2) is 0 Å². The minimum absolute atomic E-state index is 0.298. The summed E-state index contributed by atoms with van der Waals surface area (Å²) in [6.07, 6.45) is 0. The van der Waals surface area contributed by atoms with E-state index in [0.717, 1.165) is 0 Å². The molecule has 0 bridgehead atoms. The normalized spacial score (nSPS) is 19.8. The molecule has 1 N–H and O–H groups in total. The Kier molecular flexibility index (Phi) is 5.09. The molecule has 1 heterocycles. The lowest BCUT2D eigenvalue weighted by Gasteiger charge is -2.25. The van der Waals surface area contributed by atoms with Crippen LogP contribution in [0.5, 0.6) is 0 Å². The number of rotatable bonds is 5. The lowest BCUT2D eigenvalue weighted by Crippen LogP contribution is -2.41. The van der Waals surface area contributed by atoms with E-state index in [2.05, 4.69) is 9.37 Å². The third-order valence-corrected chi connectivity index (χ3v) is 4.52. The van der Waals surface area contributed by atoms with E-state index >= 15 is 0 Å². The molecule has 1 aliphatic heterocycles. The molecule has 1 aliphatic rings. The quantitative estimate of drug-likeness (QED) is 0.307. The molecule has 0 atom stereocenters. The third-order valence-electron chi connectivity index (χ3n) is 1.64. The maximum absolute atomic E-state index is 11.5. The summed E-state index contributed by atoms with van der Waals surface area (Å²) in [6.45, 7) is 1.51. The number of ether oxygens (including phenoxy) is 1. The van der Waals surface area contributed by atoms with Gasteiger partial charge in [-0.1, -0.05) is 5.04 Å². The Bertz CT molecular complexity index is 249. The Morgan fingerprint density at radius 3 is 2.64 bits per heavy atom. The predicted octanol–water partition coefficient (Wildman–Crippen LogP) is -0.325. The first kappa shape index (κ1) is 12.2. The van der Waals surface area contributed by atoms with Gasteiger partial charge in [0.2, 0.25) is 10.0 Å². The van der Waals surface area contributed by atoms with Gasteiger partial charge in [0.25, 0.3) is 0 Å². The summed E-state index contributed by atoms with van der Waals surface area (Å²) < 4.78 is 33.3. The van der Waals surface area contributed by atoms with Crippen molar-refractivity contribution < 1.29 is 27.8 Å². The molecule has 0 aliphatic carbocycles. The fourth-order valence-corrected chi connectivity index (χ4v) is 2.99. The zero-order valence-electron chi connectivity index (χ0n) is 7.29. The van der Waals surface area contributed by atoms with E-state index in [-0.39, 0.29) is 5.08 Å². The highest BCUT2D eigenvalue weighted by atomic mass is 32.3. The van der Waals surface area contributed by atoms with Crippen molar-refractivity contribution in [2.45, 2.75) is 0 Å². The molecule has 0 radical (unpaired) electrons. The molecule has 0 unspecified atom stereocenters. The van der Waals surface area contributed by atoms with E-state index < -0.39 is 10.0 Å². The molecule has 84 valence electrons. The maximum Gasteiger partial charge on any atom is 0.226 e. The van der Waals surface area contributed by atoms with E-state index in [1.807, 2.05) is 0 Å². The summed E-state index contributed by atoms with van der Waals surface area (Å²) in [5, 5.41) is 10.8. The number of morpholine rings is 1. The number of nitrogens with zero attached hydrogens (tertiary/aromatic N) is 1. The molecule has 7 nitrogen and oxygen atoms in total. The molecule has 0 spiro atoms. The second kappa shape index (κ2) is 5.85. The molecule has 9 heteroatoms. The van der Waals surface area contributed by atoms with Crippen molar-refractivity contribution in [3.05, 3.63) is 0 Å². The van der Waals surface area contributed by atoms with Crippen molar-refractivity contribution >= 4 is 22.1 Å². The van der Waals surface area contributed by atoms with Gasteiger partial charge < -0.3 is 4.74 Å². The molecule has 1 rings (SSSR count). The van der Waals surface area contributed by atoms with Crippen LogP contribution < -0.4 is 0 Å². The summed E-state index contributed by atoms with van der Waals surface area (Å²) in [5.74, 6) is 0. The molecule has 1 fully saturated rings. The van der Waals surface area contributed by atoms with Crippen molar-refractivity contribution in [3.8, 4) is 0 Å².